The monoisotopic (exact) mass is 281 g/mol. The van der Waals surface area contributed by atoms with E-state index in [-0.39, 0.29) is 12.0 Å². The van der Waals surface area contributed by atoms with Crippen molar-refractivity contribution in [3.63, 3.8) is 0 Å². The van der Waals surface area contributed by atoms with Gasteiger partial charge in [-0.2, -0.15) is 18.3 Å². The molecular weight excluding hydrogens is 271 g/mol. The lowest BCUT2D eigenvalue weighted by Gasteiger charge is -2.16. The van der Waals surface area contributed by atoms with E-state index < -0.39 is 35.3 Å². The molecule has 1 unspecified atom stereocenters. The molecule has 7 nitrogen and oxygen atoms in total. The Bertz CT molecular complexity index is 497. The van der Waals surface area contributed by atoms with Gasteiger partial charge in [0.25, 0.3) is 0 Å². The lowest BCUT2D eigenvalue weighted by Crippen LogP contribution is -2.33. The zero-order valence-corrected chi connectivity index (χ0v) is 9.72. The number of rotatable bonds is 5. The lowest BCUT2D eigenvalue weighted by atomic mass is 10.2. The highest BCUT2D eigenvalue weighted by molar-refractivity contribution is 5.86. The van der Waals surface area contributed by atoms with Crippen LogP contribution >= 0.6 is 0 Å². The van der Waals surface area contributed by atoms with E-state index in [2.05, 4.69) is 5.10 Å². The summed E-state index contributed by atoms with van der Waals surface area (Å²) in [6.45, 7) is 0.136. The van der Waals surface area contributed by atoms with Crippen LogP contribution in [-0.4, -0.2) is 38.5 Å². The number of hydrogen-bond donors (Lipinski definition) is 1. The molecule has 1 N–H and O–H groups in total. The van der Waals surface area contributed by atoms with Gasteiger partial charge in [0.1, 0.15) is 0 Å². The number of aryl methyl sites for hydroxylation is 1. The third-order valence-electron chi connectivity index (χ3n) is 2.41. The molecule has 0 radical (unpaired) electrons. The van der Waals surface area contributed by atoms with Crippen LogP contribution in [0.5, 0.6) is 0 Å². The zero-order chi connectivity index (χ0) is 14.8. The van der Waals surface area contributed by atoms with E-state index >= 15 is 0 Å². The van der Waals surface area contributed by atoms with E-state index in [4.69, 9.17) is 5.11 Å². The first-order chi connectivity index (χ1) is 8.66. The first-order valence-electron chi connectivity index (χ1n) is 5.16. The van der Waals surface area contributed by atoms with Crippen LogP contribution in [0, 0.1) is 10.1 Å². The van der Waals surface area contributed by atoms with E-state index in [0.29, 0.717) is 4.68 Å². The number of halogens is 3. The number of aromatic nitrogens is 2. The number of aromatic carboxylic acids is 1. The van der Waals surface area contributed by atoms with Crippen LogP contribution in [0.2, 0.25) is 0 Å². The molecule has 0 amide bonds. The average Bonchev–Trinajstić information content (AvgIpc) is 2.67. The molecule has 0 aliphatic rings. The van der Waals surface area contributed by atoms with Gasteiger partial charge in [-0.05, 0) is 6.42 Å². The fourth-order valence-corrected chi connectivity index (χ4v) is 1.51. The minimum absolute atomic E-state index is 0.0881. The summed E-state index contributed by atoms with van der Waals surface area (Å²) in [5, 5.41) is 22.4. The number of carbonyl (C=O) groups is 1. The minimum atomic E-state index is -4.89. The zero-order valence-electron chi connectivity index (χ0n) is 9.72. The Morgan fingerprint density at radius 3 is 2.53 bits per heavy atom. The summed E-state index contributed by atoms with van der Waals surface area (Å²) in [7, 11) is 0. The summed E-state index contributed by atoms with van der Waals surface area (Å²) < 4.78 is 38.4. The summed E-state index contributed by atoms with van der Waals surface area (Å²) in [4.78, 5) is 20.0. The van der Waals surface area contributed by atoms with Crippen molar-refractivity contribution in [1.29, 1.82) is 0 Å². The van der Waals surface area contributed by atoms with Crippen molar-refractivity contribution in [2.75, 3.05) is 6.54 Å². The largest absolute Gasteiger partial charge is 0.476 e. The van der Waals surface area contributed by atoms with E-state index in [0.717, 1.165) is 6.20 Å². The van der Waals surface area contributed by atoms with Gasteiger partial charge in [0.2, 0.25) is 12.6 Å². The van der Waals surface area contributed by atoms with Gasteiger partial charge in [0, 0.05) is 16.7 Å². The van der Waals surface area contributed by atoms with Crippen LogP contribution in [0.4, 0.5) is 13.2 Å². The summed E-state index contributed by atoms with van der Waals surface area (Å²) >= 11 is 0. The highest BCUT2D eigenvalue weighted by atomic mass is 19.4. The molecule has 0 saturated carbocycles. The Balaban J connectivity index is 3.23. The van der Waals surface area contributed by atoms with Crippen molar-refractivity contribution in [1.82, 2.24) is 9.78 Å². The summed E-state index contributed by atoms with van der Waals surface area (Å²) in [6, 6.07) is -2.49. The molecule has 1 rings (SSSR count). The molecule has 0 fully saturated rings. The van der Waals surface area contributed by atoms with Gasteiger partial charge in [-0.15, -0.1) is 0 Å². The molecule has 0 spiro atoms. The van der Waals surface area contributed by atoms with Gasteiger partial charge in [0.15, 0.2) is 5.69 Å². The summed E-state index contributed by atoms with van der Waals surface area (Å²) in [5.74, 6) is -1.47. The molecule has 1 aromatic heterocycles. The van der Waals surface area contributed by atoms with E-state index in [9.17, 15) is 28.1 Å². The quantitative estimate of drug-likeness (QED) is 0.651. The topological polar surface area (TPSA) is 98.3 Å². The van der Waals surface area contributed by atoms with Crippen LogP contribution in [0.3, 0.4) is 0 Å². The SMILES string of the molecule is CCc1cn(C(C[N+](=O)[O-])C(F)(F)F)nc1C(=O)O. The number of nitrogens with zero attached hydrogens (tertiary/aromatic N) is 3. The number of alkyl halides is 3. The lowest BCUT2D eigenvalue weighted by molar-refractivity contribution is -0.495. The minimum Gasteiger partial charge on any atom is -0.476 e. The van der Waals surface area contributed by atoms with E-state index in [1.165, 1.54) is 0 Å². The molecule has 10 heteroatoms. The number of carboxylic acid groups (broad SMARTS) is 1. The predicted octanol–water partition coefficient (Wildman–Crippen LogP) is 1.52. The van der Waals surface area contributed by atoms with Gasteiger partial charge in [0.05, 0.1) is 0 Å². The first-order valence-corrected chi connectivity index (χ1v) is 5.16. The Hall–Kier alpha value is -2.13. The Morgan fingerprint density at radius 1 is 1.63 bits per heavy atom. The predicted molar refractivity (Wildman–Crippen MR) is 55.5 cm³/mol. The van der Waals surface area contributed by atoms with Crippen LogP contribution < -0.4 is 0 Å². The van der Waals surface area contributed by atoms with Gasteiger partial charge in [-0.1, -0.05) is 6.92 Å². The molecule has 19 heavy (non-hydrogen) atoms. The third-order valence-corrected chi connectivity index (χ3v) is 2.41. The Labute approximate surface area is 104 Å². The molecule has 0 aromatic carbocycles. The van der Waals surface area contributed by atoms with Crippen molar-refractivity contribution in [3.8, 4) is 0 Å². The standard InChI is InChI=1S/C9H10F3N3O4/c1-2-5-3-14(13-7(5)8(16)17)6(4-15(18)19)9(10,11)12/h3,6H,2,4H2,1H3,(H,16,17). The van der Waals surface area contributed by atoms with Gasteiger partial charge in [-0.3, -0.25) is 14.8 Å². The van der Waals surface area contributed by atoms with Crippen molar-refractivity contribution in [2.45, 2.75) is 25.6 Å². The van der Waals surface area contributed by atoms with Crippen molar-refractivity contribution in [3.05, 3.63) is 27.6 Å². The summed E-state index contributed by atoms with van der Waals surface area (Å²) in [5.41, 5.74) is -0.440. The molecule has 0 saturated heterocycles. The second-order valence-corrected chi connectivity index (χ2v) is 3.71. The third kappa shape index (κ3) is 3.42. The summed E-state index contributed by atoms with van der Waals surface area (Å²) in [6.07, 6.45) is -3.85. The van der Waals surface area contributed by atoms with Crippen molar-refractivity contribution < 1.29 is 28.0 Å². The molecule has 0 aliphatic heterocycles. The van der Waals surface area contributed by atoms with E-state index in [1.807, 2.05) is 0 Å². The van der Waals surface area contributed by atoms with Crippen LogP contribution in [0.15, 0.2) is 6.20 Å². The highest BCUT2D eigenvalue weighted by Crippen LogP contribution is 2.31. The fourth-order valence-electron chi connectivity index (χ4n) is 1.51. The fraction of sp³-hybridized carbons (Fsp3) is 0.556. The average molecular weight is 281 g/mol. The van der Waals surface area contributed by atoms with Crippen LogP contribution in [-0.2, 0) is 6.42 Å². The smallest absolute Gasteiger partial charge is 0.417 e. The van der Waals surface area contributed by atoms with Crippen LogP contribution in [0.1, 0.15) is 29.0 Å². The first kappa shape index (κ1) is 14.9. The number of carboxylic acids is 1. The maximum Gasteiger partial charge on any atom is 0.417 e. The molecule has 0 aliphatic carbocycles. The molecule has 0 bridgehead atoms. The maximum absolute atomic E-state index is 12.7. The van der Waals surface area contributed by atoms with Crippen molar-refractivity contribution >= 4 is 5.97 Å². The molecular formula is C9H10F3N3O4. The maximum atomic E-state index is 12.7. The normalized spacial score (nSPS) is 13.3. The van der Waals surface area contributed by atoms with Crippen molar-refractivity contribution in [2.24, 2.45) is 0 Å². The molecule has 106 valence electrons. The van der Waals surface area contributed by atoms with E-state index in [1.54, 1.807) is 6.92 Å². The Morgan fingerprint density at radius 2 is 2.21 bits per heavy atom. The van der Waals surface area contributed by atoms with Gasteiger partial charge >= 0.3 is 12.1 Å². The van der Waals surface area contributed by atoms with Gasteiger partial charge in [-0.25, -0.2) is 4.79 Å². The molecule has 1 heterocycles. The van der Waals surface area contributed by atoms with Crippen LogP contribution in [0.25, 0.3) is 0 Å². The molecule has 1 aromatic rings. The number of hydrogen-bond acceptors (Lipinski definition) is 4. The number of nitro groups is 1. The van der Waals surface area contributed by atoms with Gasteiger partial charge < -0.3 is 5.11 Å². The second kappa shape index (κ2) is 5.24. The highest BCUT2D eigenvalue weighted by Gasteiger charge is 2.45. The molecule has 1 atom stereocenters. The second-order valence-electron chi connectivity index (χ2n) is 3.71. The Kier molecular flexibility index (Phi) is 4.12.